The number of carbonyl (C=O) groups excluding carboxylic acids is 1. The van der Waals surface area contributed by atoms with Crippen LogP contribution >= 0.6 is 23.4 Å². The summed E-state index contributed by atoms with van der Waals surface area (Å²) < 4.78 is 1.36. The van der Waals surface area contributed by atoms with Crippen LogP contribution in [-0.4, -0.2) is 26.5 Å². The van der Waals surface area contributed by atoms with Crippen LogP contribution in [0.5, 0.6) is 0 Å². The summed E-state index contributed by atoms with van der Waals surface area (Å²) >= 11 is 7.18. The number of thioether (sulfide) groups is 1. The number of nitrogens with one attached hydrogen (secondary N) is 1. The second kappa shape index (κ2) is 6.82. The van der Waals surface area contributed by atoms with E-state index >= 15 is 0 Å². The lowest BCUT2D eigenvalue weighted by molar-refractivity contribution is -0.119. The number of rotatable bonds is 5. The number of benzene rings is 1. The highest BCUT2D eigenvalue weighted by molar-refractivity contribution is 7.99. The van der Waals surface area contributed by atoms with E-state index in [0.29, 0.717) is 16.0 Å². The van der Waals surface area contributed by atoms with Gasteiger partial charge < -0.3 is 11.2 Å². The molecule has 0 saturated heterocycles. The second-order valence-electron chi connectivity index (χ2n) is 4.53. The van der Waals surface area contributed by atoms with Crippen molar-refractivity contribution in [3.8, 4) is 0 Å². The molecule has 1 amide bonds. The Morgan fingerprint density at radius 2 is 2.29 bits per heavy atom. The molecule has 6 nitrogen and oxygen atoms in total. The first-order valence-corrected chi connectivity index (χ1v) is 7.68. The van der Waals surface area contributed by atoms with E-state index in [-0.39, 0.29) is 17.7 Å². The third-order valence-corrected chi connectivity index (χ3v) is 4.07. The van der Waals surface area contributed by atoms with E-state index in [2.05, 4.69) is 15.5 Å². The summed E-state index contributed by atoms with van der Waals surface area (Å²) in [7, 11) is 0. The lowest BCUT2D eigenvalue weighted by Crippen LogP contribution is -2.28. The first-order chi connectivity index (χ1) is 9.97. The highest BCUT2D eigenvalue weighted by atomic mass is 35.5. The predicted molar refractivity (Wildman–Crippen MR) is 83.6 cm³/mol. The molecule has 3 N–H and O–H groups in total. The van der Waals surface area contributed by atoms with Gasteiger partial charge in [0.15, 0.2) is 0 Å². The van der Waals surface area contributed by atoms with E-state index in [0.717, 1.165) is 5.56 Å². The average molecular weight is 326 g/mol. The number of nitrogen functional groups attached to an aromatic ring is 1. The summed E-state index contributed by atoms with van der Waals surface area (Å²) in [5.41, 5.74) is 0.957. The summed E-state index contributed by atoms with van der Waals surface area (Å²) in [5.74, 6) is 6.44. The van der Waals surface area contributed by atoms with Gasteiger partial charge in [-0.1, -0.05) is 35.5 Å². The van der Waals surface area contributed by atoms with E-state index in [1.54, 1.807) is 13.0 Å². The van der Waals surface area contributed by atoms with Crippen LogP contribution in [0.1, 0.15) is 24.4 Å². The van der Waals surface area contributed by atoms with Gasteiger partial charge in [-0.15, -0.1) is 10.2 Å². The summed E-state index contributed by atoms with van der Waals surface area (Å²) in [4.78, 5) is 11.9. The van der Waals surface area contributed by atoms with E-state index in [9.17, 15) is 4.79 Å². The van der Waals surface area contributed by atoms with Crippen LogP contribution in [0.2, 0.25) is 5.02 Å². The average Bonchev–Trinajstić information content (AvgIpc) is 2.76. The number of hydrogen-bond acceptors (Lipinski definition) is 5. The topological polar surface area (TPSA) is 85.8 Å². The number of aryl methyl sites for hydroxylation is 1. The SMILES string of the molecule is Cc1nnc(SCC(=O)N[C@H](C)c2cccc(Cl)c2)n1N. The third-order valence-electron chi connectivity index (χ3n) is 2.89. The summed E-state index contributed by atoms with van der Waals surface area (Å²) in [5, 5.41) is 11.8. The fraction of sp³-hybridized carbons (Fsp3) is 0.308. The lowest BCUT2D eigenvalue weighted by atomic mass is 10.1. The normalized spacial score (nSPS) is 12.1. The smallest absolute Gasteiger partial charge is 0.230 e. The first kappa shape index (κ1) is 15.7. The number of nitrogens with two attached hydrogens (primary N) is 1. The van der Waals surface area contributed by atoms with Crippen LogP contribution in [-0.2, 0) is 4.79 Å². The molecule has 0 bridgehead atoms. The fourth-order valence-electron chi connectivity index (χ4n) is 1.72. The maximum atomic E-state index is 11.9. The number of amides is 1. The minimum Gasteiger partial charge on any atom is -0.349 e. The fourth-order valence-corrected chi connectivity index (χ4v) is 2.63. The molecular formula is C13H16ClN5OS. The van der Waals surface area contributed by atoms with Crippen molar-refractivity contribution >= 4 is 29.3 Å². The largest absolute Gasteiger partial charge is 0.349 e. The molecular weight excluding hydrogens is 310 g/mol. The molecule has 21 heavy (non-hydrogen) atoms. The molecule has 8 heteroatoms. The molecule has 2 rings (SSSR count). The summed E-state index contributed by atoms with van der Waals surface area (Å²) in [6, 6.07) is 7.29. The van der Waals surface area contributed by atoms with Gasteiger partial charge in [-0.05, 0) is 31.5 Å². The Morgan fingerprint density at radius 3 is 2.90 bits per heavy atom. The van der Waals surface area contributed by atoms with Crippen LogP contribution in [0.3, 0.4) is 0 Å². The van der Waals surface area contributed by atoms with Gasteiger partial charge >= 0.3 is 0 Å². The van der Waals surface area contributed by atoms with E-state index < -0.39 is 0 Å². The summed E-state index contributed by atoms with van der Waals surface area (Å²) in [6.07, 6.45) is 0. The van der Waals surface area contributed by atoms with Gasteiger partial charge in [0.05, 0.1) is 11.8 Å². The standard InChI is InChI=1S/C13H16ClN5OS/c1-8(10-4-3-5-11(14)6-10)16-12(20)7-21-13-18-17-9(2)19(13)15/h3-6,8H,7,15H2,1-2H3,(H,16,20)/t8-/m1/s1. The van der Waals surface area contributed by atoms with Crippen molar-refractivity contribution in [2.45, 2.75) is 25.0 Å². The van der Waals surface area contributed by atoms with Crippen LogP contribution in [0.25, 0.3) is 0 Å². The zero-order valence-corrected chi connectivity index (χ0v) is 13.3. The van der Waals surface area contributed by atoms with Gasteiger partial charge in [0, 0.05) is 5.02 Å². The molecule has 0 aliphatic heterocycles. The number of aromatic nitrogens is 3. The molecule has 0 spiro atoms. The maximum absolute atomic E-state index is 11.9. The minimum atomic E-state index is -0.116. The Kier molecular flexibility index (Phi) is 5.08. The quantitative estimate of drug-likeness (QED) is 0.648. The molecule has 0 saturated carbocycles. The molecule has 1 aromatic heterocycles. The molecule has 1 aromatic carbocycles. The predicted octanol–water partition coefficient (Wildman–Crippen LogP) is 1.92. The second-order valence-corrected chi connectivity index (χ2v) is 5.91. The van der Waals surface area contributed by atoms with Crippen molar-refractivity contribution in [1.82, 2.24) is 20.2 Å². The Bertz CT molecular complexity index is 645. The molecule has 1 atom stereocenters. The molecule has 0 fully saturated rings. The van der Waals surface area contributed by atoms with Crippen LogP contribution in [0, 0.1) is 6.92 Å². The van der Waals surface area contributed by atoms with Crippen molar-refractivity contribution in [2.75, 3.05) is 11.6 Å². The number of nitrogens with zero attached hydrogens (tertiary/aromatic N) is 3. The lowest BCUT2D eigenvalue weighted by Gasteiger charge is -2.14. The monoisotopic (exact) mass is 325 g/mol. The maximum Gasteiger partial charge on any atom is 0.230 e. The molecule has 2 aromatic rings. The zero-order chi connectivity index (χ0) is 15.4. The molecule has 1 heterocycles. The molecule has 0 aliphatic carbocycles. The zero-order valence-electron chi connectivity index (χ0n) is 11.7. The van der Waals surface area contributed by atoms with Crippen LogP contribution in [0.4, 0.5) is 0 Å². The van der Waals surface area contributed by atoms with Crippen molar-refractivity contribution in [3.63, 3.8) is 0 Å². The van der Waals surface area contributed by atoms with E-state index in [4.69, 9.17) is 17.4 Å². The van der Waals surface area contributed by atoms with Crippen molar-refractivity contribution in [2.24, 2.45) is 0 Å². The van der Waals surface area contributed by atoms with Gasteiger partial charge in [-0.3, -0.25) is 4.79 Å². The number of carbonyl (C=O) groups is 1. The Hall–Kier alpha value is -1.73. The Morgan fingerprint density at radius 1 is 1.52 bits per heavy atom. The number of hydrogen-bond donors (Lipinski definition) is 2. The third kappa shape index (κ3) is 4.12. The van der Waals surface area contributed by atoms with Gasteiger partial charge in [0.2, 0.25) is 11.1 Å². The van der Waals surface area contributed by atoms with Crippen molar-refractivity contribution in [1.29, 1.82) is 0 Å². The Balaban J connectivity index is 1.88. The van der Waals surface area contributed by atoms with Gasteiger partial charge in [0.25, 0.3) is 0 Å². The van der Waals surface area contributed by atoms with Gasteiger partial charge in [-0.25, -0.2) is 4.68 Å². The van der Waals surface area contributed by atoms with Gasteiger partial charge in [-0.2, -0.15) is 0 Å². The molecule has 0 radical (unpaired) electrons. The minimum absolute atomic E-state index is 0.104. The molecule has 0 aliphatic rings. The van der Waals surface area contributed by atoms with Crippen LogP contribution < -0.4 is 11.2 Å². The highest BCUT2D eigenvalue weighted by Gasteiger charge is 2.13. The number of halogens is 1. The van der Waals surface area contributed by atoms with Crippen molar-refractivity contribution in [3.05, 3.63) is 40.7 Å². The highest BCUT2D eigenvalue weighted by Crippen LogP contribution is 2.18. The molecule has 112 valence electrons. The van der Waals surface area contributed by atoms with Gasteiger partial charge in [0.1, 0.15) is 5.82 Å². The molecule has 0 unspecified atom stereocenters. The van der Waals surface area contributed by atoms with E-state index in [1.807, 2.05) is 25.1 Å². The van der Waals surface area contributed by atoms with Crippen molar-refractivity contribution < 1.29 is 4.79 Å². The summed E-state index contributed by atoms with van der Waals surface area (Å²) in [6.45, 7) is 3.65. The van der Waals surface area contributed by atoms with Crippen LogP contribution in [0.15, 0.2) is 29.4 Å². The first-order valence-electron chi connectivity index (χ1n) is 6.32. The Labute approximate surface area is 132 Å². The van der Waals surface area contributed by atoms with E-state index in [1.165, 1.54) is 16.4 Å².